The van der Waals surface area contributed by atoms with Crippen molar-refractivity contribution in [2.24, 2.45) is 0 Å². The highest BCUT2D eigenvalue weighted by atomic mass is 79.9. The molecule has 1 heterocycles. The molecule has 1 aliphatic rings. The van der Waals surface area contributed by atoms with Crippen LogP contribution in [0.3, 0.4) is 0 Å². The Morgan fingerprint density at radius 3 is 3.06 bits per heavy atom. The maximum absolute atomic E-state index is 3.56. The van der Waals surface area contributed by atoms with Gasteiger partial charge in [-0.2, -0.15) is 0 Å². The Labute approximate surface area is 119 Å². The van der Waals surface area contributed by atoms with Gasteiger partial charge in [0.15, 0.2) is 0 Å². The maximum atomic E-state index is 3.56. The van der Waals surface area contributed by atoms with Gasteiger partial charge in [0.1, 0.15) is 0 Å². The van der Waals surface area contributed by atoms with Gasteiger partial charge in [-0.1, -0.05) is 28.1 Å². The molecule has 1 aliphatic heterocycles. The third-order valence-corrected chi connectivity index (χ3v) is 4.09. The summed E-state index contributed by atoms with van der Waals surface area (Å²) in [5.74, 6) is 0. The normalized spacial score (nSPS) is 19.6. The molecule has 1 atom stereocenters. The van der Waals surface area contributed by atoms with Crippen LogP contribution in [0.25, 0.3) is 0 Å². The van der Waals surface area contributed by atoms with Crippen molar-refractivity contribution in [3.8, 4) is 0 Å². The third-order valence-electron chi connectivity index (χ3n) is 3.60. The van der Waals surface area contributed by atoms with Crippen molar-refractivity contribution in [3.63, 3.8) is 0 Å². The fourth-order valence-electron chi connectivity index (χ4n) is 2.64. The first-order valence-electron chi connectivity index (χ1n) is 6.90. The standard InChI is InChI=1S/C15H23BrN2/c1-18(10-4-8-15-7-3-9-17-15)12-13-5-2-6-14(16)11-13/h2,5-6,11,15,17H,3-4,7-10,12H2,1H3. The van der Waals surface area contributed by atoms with Gasteiger partial charge in [-0.25, -0.2) is 0 Å². The van der Waals surface area contributed by atoms with Crippen molar-refractivity contribution in [3.05, 3.63) is 34.3 Å². The Hall–Kier alpha value is -0.380. The lowest BCUT2D eigenvalue weighted by molar-refractivity contribution is 0.311. The maximum Gasteiger partial charge on any atom is 0.0231 e. The zero-order valence-electron chi connectivity index (χ0n) is 11.2. The second-order valence-corrected chi connectivity index (χ2v) is 6.22. The first kappa shape index (κ1) is 14.0. The van der Waals surface area contributed by atoms with Crippen LogP contribution in [0.15, 0.2) is 28.7 Å². The van der Waals surface area contributed by atoms with Gasteiger partial charge in [0.2, 0.25) is 0 Å². The van der Waals surface area contributed by atoms with Crippen LogP contribution < -0.4 is 5.32 Å². The van der Waals surface area contributed by atoms with Crippen LogP contribution in [-0.4, -0.2) is 31.1 Å². The molecule has 18 heavy (non-hydrogen) atoms. The van der Waals surface area contributed by atoms with Gasteiger partial charge in [-0.05, 0) is 63.5 Å². The van der Waals surface area contributed by atoms with Crippen LogP contribution in [0.4, 0.5) is 0 Å². The topological polar surface area (TPSA) is 15.3 Å². The van der Waals surface area contributed by atoms with Gasteiger partial charge in [0, 0.05) is 17.1 Å². The van der Waals surface area contributed by atoms with Crippen molar-refractivity contribution >= 4 is 15.9 Å². The van der Waals surface area contributed by atoms with Crippen LogP contribution in [0.2, 0.25) is 0 Å². The molecule has 100 valence electrons. The van der Waals surface area contributed by atoms with Gasteiger partial charge in [-0.15, -0.1) is 0 Å². The zero-order chi connectivity index (χ0) is 12.8. The summed E-state index contributed by atoms with van der Waals surface area (Å²) >= 11 is 3.52. The van der Waals surface area contributed by atoms with Crippen LogP contribution >= 0.6 is 15.9 Å². The molecule has 1 saturated heterocycles. The number of hydrogen-bond donors (Lipinski definition) is 1. The summed E-state index contributed by atoms with van der Waals surface area (Å²) < 4.78 is 1.17. The summed E-state index contributed by atoms with van der Waals surface area (Å²) in [5.41, 5.74) is 1.38. The van der Waals surface area contributed by atoms with Crippen molar-refractivity contribution in [1.29, 1.82) is 0 Å². The highest BCUT2D eigenvalue weighted by molar-refractivity contribution is 9.10. The molecule has 0 spiro atoms. The largest absolute Gasteiger partial charge is 0.314 e. The molecule has 1 unspecified atom stereocenters. The molecule has 0 aliphatic carbocycles. The molecule has 3 heteroatoms. The second kappa shape index (κ2) is 7.27. The summed E-state index contributed by atoms with van der Waals surface area (Å²) in [4.78, 5) is 2.41. The smallest absolute Gasteiger partial charge is 0.0231 e. The number of benzene rings is 1. The molecule has 2 rings (SSSR count). The Morgan fingerprint density at radius 1 is 1.44 bits per heavy atom. The van der Waals surface area contributed by atoms with Gasteiger partial charge >= 0.3 is 0 Å². The first-order valence-corrected chi connectivity index (χ1v) is 7.70. The minimum absolute atomic E-state index is 0.782. The van der Waals surface area contributed by atoms with Crippen LogP contribution in [0.5, 0.6) is 0 Å². The highest BCUT2D eigenvalue weighted by Crippen LogP contribution is 2.14. The monoisotopic (exact) mass is 310 g/mol. The van der Waals surface area contributed by atoms with E-state index < -0.39 is 0 Å². The van der Waals surface area contributed by atoms with Gasteiger partial charge in [0.05, 0.1) is 0 Å². The fraction of sp³-hybridized carbons (Fsp3) is 0.600. The number of nitrogens with zero attached hydrogens (tertiary/aromatic N) is 1. The summed E-state index contributed by atoms with van der Waals surface area (Å²) in [7, 11) is 2.21. The zero-order valence-corrected chi connectivity index (χ0v) is 12.7. The van der Waals surface area contributed by atoms with Crippen LogP contribution in [0.1, 0.15) is 31.2 Å². The van der Waals surface area contributed by atoms with E-state index in [-0.39, 0.29) is 0 Å². The van der Waals surface area contributed by atoms with Crippen LogP contribution in [0, 0.1) is 0 Å². The fourth-order valence-corrected chi connectivity index (χ4v) is 3.08. The minimum Gasteiger partial charge on any atom is -0.314 e. The van der Waals surface area contributed by atoms with Crippen LogP contribution in [-0.2, 0) is 6.54 Å². The molecular weight excluding hydrogens is 288 g/mol. The number of nitrogens with one attached hydrogen (secondary N) is 1. The highest BCUT2D eigenvalue weighted by Gasteiger charge is 2.13. The van der Waals surface area contributed by atoms with E-state index in [1.807, 2.05) is 0 Å². The van der Waals surface area contributed by atoms with E-state index in [1.165, 1.54) is 48.8 Å². The second-order valence-electron chi connectivity index (χ2n) is 5.30. The van der Waals surface area contributed by atoms with Gasteiger partial charge in [0.25, 0.3) is 0 Å². The van der Waals surface area contributed by atoms with Crippen molar-refractivity contribution in [2.75, 3.05) is 20.1 Å². The molecule has 0 radical (unpaired) electrons. The van der Waals surface area contributed by atoms with E-state index in [2.05, 4.69) is 57.5 Å². The number of rotatable bonds is 6. The van der Waals surface area contributed by atoms with E-state index >= 15 is 0 Å². The van der Waals surface area contributed by atoms with E-state index in [0.717, 1.165) is 12.6 Å². The average Bonchev–Trinajstić information content (AvgIpc) is 2.82. The van der Waals surface area contributed by atoms with Crippen molar-refractivity contribution in [1.82, 2.24) is 10.2 Å². The average molecular weight is 311 g/mol. The Kier molecular flexibility index (Phi) is 5.67. The van der Waals surface area contributed by atoms with E-state index in [4.69, 9.17) is 0 Å². The molecule has 1 aromatic rings. The summed E-state index contributed by atoms with van der Waals surface area (Å²) in [6.07, 6.45) is 5.35. The van der Waals surface area contributed by atoms with Crippen molar-refractivity contribution < 1.29 is 0 Å². The minimum atomic E-state index is 0.782. The lowest BCUT2D eigenvalue weighted by Crippen LogP contribution is -2.24. The first-order chi connectivity index (χ1) is 8.74. The Bertz CT molecular complexity index is 361. The summed E-state index contributed by atoms with van der Waals surface area (Å²) in [6.45, 7) is 3.45. The molecule has 1 fully saturated rings. The lowest BCUT2D eigenvalue weighted by Gasteiger charge is -2.18. The molecule has 1 N–H and O–H groups in total. The summed E-state index contributed by atoms with van der Waals surface area (Å²) in [6, 6.07) is 9.36. The van der Waals surface area contributed by atoms with Gasteiger partial charge < -0.3 is 10.2 Å². The summed E-state index contributed by atoms with van der Waals surface area (Å²) in [5, 5.41) is 3.56. The predicted molar refractivity (Wildman–Crippen MR) is 80.7 cm³/mol. The van der Waals surface area contributed by atoms with Gasteiger partial charge in [-0.3, -0.25) is 0 Å². The molecule has 0 saturated carbocycles. The predicted octanol–water partition coefficient (Wildman–Crippen LogP) is 3.41. The number of hydrogen-bond acceptors (Lipinski definition) is 2. The molecule has 0 aromatic heterocycles. The van der Waals surface area contributed by atoms with E-state index in [9.17, 15) is 0 Å². The lowest BCUT2D eigenvalue weighted by atomic mass is 10.1. The molecule has 1 aromatic carbocycles. The third kappa shape index (κ3) is 4.71. The van der Waals surface area contributed by atoms with Crippen molar-refractivity contribution in [2.45, 2.75) is 38.3 Å². The number of halogens is 1. The molecule has 0 bridgehead atoms. The molecule has 2 nitrogen and oxygen atoms in total. The SMILES string of the molecule is CN(CCCC1CCCN1)Cc1cccc(Br)c1. The Balaban J connectivity index is 1.66. The quantitative estimate of drug-likeness (QED) is 0.866. The molecular formula is C15H23BrN2. The van der Waals surface area contributed by atoms with E-state index in [0.29, 0.717) is 0 Å². The Morgan fingerprint density at radius 2 is 2.33 bits per heavy atom. The van der Waals surface area contributed by atoms with E-state index in [1.54, 1.807) is 0 Å². The molecule has 0 amide bonds.